The quantitative estimate of drug-likeness (QED) is 0.218. The van der Waals surface area contributed by atoms with Gasteiger partial charge in [0.15, 0.2) is 0 Å². The van der Waals surface area contributed by atoms with E-state index in [0.717, 1.165) is 56.7 Å². The normalized spacial score (nSPS) is 13.2. The maximum Gasteiger partial charge on any atom is 0.253 e. The van der Waals surface area contributed by atoms with Crippen molar-refractivity contribution < 1.29 is 9.90 Å². The Morgan fingerprint density at radius 1 is 1.11 bits per heavy atom. The number of carbonyl (C=O) groups is 1. The summed E-state index contributed by atoms with van der Waals surface area (Å²) in [6, 6.07) is 15.0. The Morgan fingerprint density at radius 3 is 2.47 bits per heavy atom. The van der Waals surface area contributed by atoms with Crippen LogP contribution in [0.5, 0.6) is 5.75 Å². The number of aromatic hydroxyl groups is 1. The van der Waals surface area contributed by atoms with Gasteiger partial charge in [-0.25, -0.2) is 0 Å². The van der Waals surface area contributed by atoms with Gasteiger partial charge in [-0.3, -0.25) is 14.7 Å². The number of nitrogens with zero attached hydrogens (tertiary/aromatic N) is 3. The Balaban J connectivity index is 0.000000408. The number of rotatable bonds is 10. The second kappa shape index (κ2) is 19.5. The molecule has 0 aliphatic carbocycles. The fraction of sp³-hybridized carbons (Fsp3) is 0.375. The highest BCUT2D eigenvalue weighted by molar-refractivity contribution is 5.94. The molecule has 0 unspecified atom stereocenters. The average molecular weight is 519 g/mol. The monoisotopic (exact) mass is 518 g/mol. The number of carbonyl (C=O) groups excluding carboxylic acids is 1. The van der Waals surface area contributed by atoms with Crippen molar-refractivity contribution in [3.8, 4) is 5.75 Å². The van der Waals surface area contributed by atoms with Crippen LogP contribution in [0.3, 0.4) is 0 Å². The number of phenols is 1. The molecule has 1 aliphatic rings. The fourth-order valence-corrected chi connectivity index (χ4v) is 3.87. The van der Waals surface area contributed by atoms with Gasteiger partial charge in [0.1, 0.15) is 5.75 Å². The first kappa shape index (κ1) is 32.4. The molecule has 3 N–H and O–H groups in total. The van der Waals surface area contributed by atoms with Crippen molar-refractivity contribution in [3.63, 3.8) is 0 Å². The standard InChI is InChI=1S/C19H25N3O.C11H15NO.C2H6/c1-2-3-4-5-6-10-21-13-18(20)15-22-11-9-16-12-19(23)8-7-17(16)14-22;1-3-12(4-2)11(13)10-8-6-5-7-9-10;1-2/h2,5-8,10,12-13,23H,1,3-4,9,11,14-15,20H2;5-9H,3-4H2,1-2H3;1-2H3/b6-5+,18-13-,21-10+;;. The summed E-state index contributed by atoms with van der Waals surface area (Å²) in [5.41, 5.74) is 10.0. The third-order valence-corrected chi connectivity index (χ3v) is 5.84. The Kier molecular flexibility index (Phi) is 16.6. The molecular weight excluding hydrogens is 472 g/mol. The predicted molar refractivity (Wildman–Crippen MR) is 161 cm³/mol. The third-order valence-electron chi connectivity index (χ3n) is 5.84. The number of amides is 1. The van der Waals surface area contributed by atoms with Gasteiger partial charge < -0.3 is 15.7 Å². The van der Waals surface area contributed by atoms with Gasteiger partial charge in [0, 0.05) is 56.4 Å². The second-order valence-corrected chi connectivity index (χ2v) is 8.55. The fourth-order valence-electron chi connectivity index (χ4n) is 3.87. The topological polar surface area (TPSA) is 82.2 Å². The SMILES string of the molecule is C=CCC/C=C/C=N/C=C(\N)CN1CCc2cc(O)ccc2C1.CC.CCN(CC)C(=O)c1ccccc1. The van der Waals surface area contributed by atoms with Gasteiger partial charge in [0.05, 0.1) is 0 Å². The van der Waals surface area contributed by atoms with E-state index in [1.807, 2.05) is 87.2 Å². The molecule has 0 saturated heterocycles. The molecule has 0 spiro atoms. The minimum absolute atomic E-state index is 0.116. The van der Waals surface area contributed by atoms with Crippen LogP contribution in [0, 0.1) is 0 Å². The number of nitrogens with two attached hydrogens (primary N) is 1. The summed E-state index contributed by atoms with van der Waals surface area (Å²) < 4.78 is 0. The molecule has 206 valence electrons. The molecule has 2 aromatic carbocycles. The Labute approximate surface area is 229 Å². The summed E-state index contributed by atoms with van der Waals surface area (Å²) >= 11 is 0. The van der Waals surface area contributed by atoms with E-state index in [1.54, 1.807) is 18.5 Å². The van der Waals surface area contributed by atoms with Crippen LogP contribution in [0.15, 0.2) is 90.2 Å². The molecule has 0 atom stereocenters. The maximum absolute atomic E-state index is 11.7. The van der Waals surface area contributed by atoms with Crippen LogP contribution in [0.1, 0.15) is 62.0 Å². The molecular formula is C32H46N4O2. The van der Waals surface area contributed by atoms with Gasteiger partial charge in [-0.15, -0.1) is 6.58 Å². The number of benzene rings is 2. The summed E-state index contributed by atoms with van der Waals surface area (Å²) in [6.45, 7) is 15.7. The van der Waals surface area contributed by atoms with Crippen LogP contribution in [0.25, 0.3) is 0 Å². The third kappa shape index (κ3) is 12.1. The number of aliphatic imine (C=N–C) groups is 1. The van der Waals surface area contributed by atoms with Crippen molar-refractivity contribution in [1.82, 2.24) is 9.80 Å². The van der Waals surface area contributed by atoms with Crippen molar-refractivity contribution in [3.05, 3.63) is 102 Å². The second-order valence-electron chi connectivity index (χ2n) is 8.55. The van der Waals surface area contributed by atoms with E-state index in [-0.39, 0.29) is 5.91 Å². The van der Waals surface area contributed by atoms with E-state index in [1.165, 1.54) is 11.1 Å². The van der Waals surface area contributed by atoms with Gasteiger partial charge in [0.25, 0.3) is 5.91 Å². The van der Waals surface area contributed by atoms with Crippen LogP contribution < -0.4 is 5.73 Å². The molecule has 0 fully saturated rings. The maximum atomic E-state index is 11.7. The first-order valence-corrected chi connectivity index (χ1v) is 13.6. The van der Waals surface area contributed by atoms with Crippen molar-refractivity contribution in [2.45, 2.75) is 53.5 Å². The van der Waals surface area contributed by atoms with Crippen LogP contribution in [-0.4, -0.2) is 53.2 Å². The molecule has 0 radical (unpaired) electrons. The zero-order valence-corrected chi connectivity index (χ0v) is 23.6. The molecule has 3 rings (SSSR count). The summed E-state index contributed by atoms with van der Waals surface area (Å²) in [5.74, 6) is 0.456. The molecule has 1 aliphatic heterocycles. The number of hydrogen-bond donors (Lipinski definition) is 2. The molecule has 2 aromatic rings. The highest BCUT2D eigenvalue weighted by Crippen LogP contribution is 2.23. The molecule has 1 heterocycles. The van der Waals surface area contributed by atoms with Crippen LogP contribution in [0.4, 0.5) is 0 Å². The van der Waals surface area contributed by atoms with Crippen molar-refractivity contribution in [2.24, 2.45) is 10.7 Å². The summed E-state index contributed by atoms with van der Waals surface area (Å²) in [7, 11) is 0. The van der Waals surface area contributed by atoms with Gasteiger partial charge in [-0.05, 0) is 74.6 Å². The zero-order valence-electron chi connectivity index (χ0n) is 23.6. The number of hydrogen-bond acceptors (Lipinski definition) is 5. The van der Waals surface area contributed by atoms with Gasteiger partial charge in [-0.1, -0.05) is 50.3 Å². The van der Waals surface area contributed by atoms with Crippen molar-refractivity contribution >= 4 is 12.1 Å². The highest BCUT2D eigenvalue weighted by Gasteiger charge is 2.16. The van der Waals surface area contributed by atoms with E-state index in [2.05, 4.69) is 22.5 Å². The van der Waals surface area contributed by atoms with E-state index < -0.39 is 0 Å². The lowest BCUT2D eigenvalue weighted by Gasteiger charge is -2.28. The van der Waals surface area contributed by atoms with E-state index in [0.29, 0.717) is 12.3 Å². The van der Waals surface area contributed by atoms with E-state index in [9.17, 15) is 9.90 Å². The lowest BCUT2D eigenvalue weighted by atomic mass is 9.99. The van der Waals surface area contributed by atoms with Crippen molar-refractivity contribution in [2.75, 3.05) is 26.2 Å². The van der Waals surface area contributed by atoms with Gasteiger partial charge in [0.2, 0.25) is 0 Å². The Hall–Kier alpha value is -3.64. The number of unbranched alkanes of at least 4 members (excludes halogenated alkanes) is 1. The first-order valence-electron chi connectivity index (χ1n) is 13.6. The molecule has 0 saturated carbocycles. The summed E-state index contributed by atoms with van der Waals surface area (Å²) in [4.78, 5) is 20.0. The molecule has 38 heavy (non-hydrogen) atoms. The van der Waals surface area contributed by atoms with Crippen LogP contribution in [-0.2, 0) is 13.0 Å². The van der Waals surface area contributed by atoms with E-state index >= 15 is 0 Å². The molecule has 6 nitrogen and oxygen atoms in total. The minimum Gasteiger partial charge on any atom is -0.508 e. The van der Waals surface area contributed by atoms with Crippen LogP contribution in [0.2, 0.25) is 0 Å². The Morgan fingerprint density at radius 2 is 1.82 bits per heavy atom. The molecule has 0 aromatic heterocycles. The largest absolute Gasteiger partial charge is 0.508 e. The smallest absolute Gasteiger partial charge is 0.253 e. The number of phenolic OH excluding ortho intramolecular Hbond substituents is 1. The van der Waals surface area contributed by atoms with Gasteiger partial charge in [-0.2, -0.15) is 0 Å². The lowest BCUT2D eigenvalue weighted by Crippen LogP contribution is -2.33. The van der Waals surface area contributed by atoms with Crippen molar-refractivity contribution in [1.29, 1.82) is 0 Å². The highest BCUT2D eigenvalue weighted by atomic mass is 16.3. The van der Waals surface area contributed by atoms with Crippen LogP contribution >= 0.6 is 0 Å². The average Bonchev–Trinajstić information content (AvgIpc) is 2.95. The number of fused-ring (bicyclic) bond motifs is 1. The van der Waals surface area contributed by atoms with Gasteiger partial charge >= 0.3 is 0 Å². The predicted octanol–water partition coefficient (Wildman–Crippen LogP) is 6.34. The van der Waals surface area contributed by atoms with E-state index in [4.69, 9.17) is 5.73 Å². The molecule has 0 bridgehead atoms. The minimum atomic E-state index is 0.116. The summed E-state index contributed by atoms with van der Waals surface area (Å²) in [6.07, 6.45) is 12.3. The molecule has 6 heteroatoms. The molecule has 1 amide bonds. The summed E-state index contributed by atoms with van der Waals surface area (Å²) in [5, 5.41) is 9.52. The Bertz CT molecular complexity index is 1040. The first-order chi connectivity index (χ1) is 18.5. The number of allylic oxidation sites excluding steroid dienone is 3. The lowest BCUT2D eigenvalue weighted by molar-refractivity contribution is 0.0773. The zero-order chi connectivity index (χ0) is 28.2.